The molecule has 0 heterocycles. The molecule has 55 heavy (non-hydrogen) atoms. The van der Waals surface area contributed by atoms with E-state index in [1.54, 1.807) is 0 Å². The maximum absolute atomic E-state index is 10.7. The molecule has 0 rings (SSSR count). The van der Waals surface area contributed by atoms with E-state index in [4.69, 9.17) is 0 Å². The molecule has 0 amide bonds. The Morgan fingerprint density at radius 1 is 0.473 bits per heavy atom. The molecule has 8 heteroatoms. The molecule has 0 spiro atoms. The summed E-state index contributed by atoms with van der Waals surface area (Å²) in [5.74, 6) is 4.00. The normalized spacial score (nSPS) is 15.4. The van der Waals surface area contributed by atoms with Crippen LogP contribution in [0.4, 0.5) is 0 Å². The van der Waals surface area contributed by atoms with E-state index in [0.29, 0.717) is 0 Å². The molecular formula is C47H108ClN6O+5. The first kappa shape index (κ1) is 57.1. The highest BCUT2D eigenvalue weighted by atomic mass is 35.5. The summed E-state index contributed by atoms with van der Waals surface area (Å²) in [5.41, 5.74) is 4.22. The first-order chi connectivity index (χ1) is 26.0. The standard InChI is InChI=1S/C47H103N6O.ClH/c1-9-12-13-14-15-16-17-20-33-50-38-45(28-23-26-43(5)37-49-32-21-18-19-22-34-53(6,7)8)30-25-31-46(29-24-27-44(11-3)35-48)39-52-41-47(54)40-51-36-42(4)10-2;/h42-47,49-52,54H,9-41,48H2,1-8H3;1H/q+1;/p+4. The fourth-order valence-electron chi connectivity index (χ4n) is 8.34. The smallest absolute Gasteiger partial charge is 0.151 e. The van der Waals surface area contributed by atoms with Gasteiger partial charge in [0.1, 0.15) is 13.1 Å². The number of quaternary nitrogens is 6. The van der Waals surface area contributed by atoms with Gasteiger partial charge in [-0.2, -0.15) is 0 Å². The molecule has 0 aliphatic carbocycles. The lowest BCUT2D eigenvalue weighted by Gasteiger charge is -2.23. The molecule has 0 aromatic rings. The van der Waals surface area contributed by atoms with Crippen LogP contribution in [0.5, 0.6) is 0 Å². The van der Waals surface area contributed by atoms with E-state index in [-0.39, 0.29) is 18.5 Å². The molecule has 12 N–H and O–H groups in total. The second-order valence-corrected chi connectivity index (χ2v) is 19.4. The highest BCUT2D eigenvalue weighted by Crippen LogP contribution is 2.22. The molecule has 0 aromatic heterocycles. The van der Waals surface area contributed by atoms with Crippen LogP contribution in [0.25, 0.3) is 0 Å². The summed E-state index contributed by atoms with van der Waals surface area (Å²) < 4.78 is 1.10. The van der Waals surface area contributed by atoms with Crippen molar-refractivity contribution in [2.24, 2.45) is 29.6 Å². The summed E-state index contributed by atoms with van der Waals surface area (Å²) in [6.45, 7) is 23.4. The number of hydrogen-bond acceptors (Lipinski definition) is 1. The quantitative estimate of drug-likeness (QED) is 0.0410. The van der Waals surface area contributed by atoms with Crippen LogP contribution >= 0.6 is 0 Å². The minimum Gasteiger partial charge on any atom is -1.00 e. The fourth-order valence-corrected chi connectivity index (χ4v) is 8.34. The van der Waals surface area contributed by atoms with Gasteiger partial charge in [0, 0.05) is 29.6 Å². The average Bonchev–Trinajstić information content (AvgIpc) is 3.14. The largest absolute Gasteiger partial charge is 1.00 e. The number of unbranched alkanes of at least 4 members (excludes halogenated alkanes) is 10. The van der Waals surface area contributed by atoms with Crippen LogP contribution in [0, 0.1) is 29.6 Å². The second kappa shape index (κ2) is 40.8. The Hall–Kier alpha value is 0.01000. The topological polar surface area (TPSA) is 114 Å². The van der Waals surface area contributed by atoms with Crippen molar-refractivity contribution in [1.29, 1.82) is 0 Å². The Labute approximate surface area is 352 Å². The summed E-state index contributed by atoms with van der Waals surface area (Å²) in [6.07, 6.45) is 31.6. The summed E-state index contributed by atoms with van der Waals surface area (Å²) >= 11 is 0. The predicted molar refractivity (Wildman–Crippen MR) is 235 cm³/mol. The number of nitrogens with zero attached hydrogens (tertiary/aromatic N) is 1. The molecule has 0 aliphatic rings. The highest BCUT2D eigenvalue weighted by molar-refractivity contribution is 4.66. The van der Waals surface area contributed by atoms with E-state index in [1.165, 1.54) is 187 Å². The fraction of sp³-hybridized carbons (Fsp3) is 1.00. The third kappa shape index (κ3) is 40.6. The Kier molecular flexibility index (Phi) is 42.3. The number of nitrogens with two attached hydrogens (primary N) is 4. The van der Waals surface area contributed by atoms with Gasteiger partial charge in [0.05, 0.1) is 73.5 Å². The van der Waals surface area contributed by atoms with Crippen LogP contribution in [0.2, 0.25) is 0 Å². The minimum atomic E-state index is -0.200. The maximum atomic E-state index is 10.7. The van der Waals surface area contributed by atoms with E-state index in [2.05, 4.69) is 82.8 Å². The SMILES string of the molecule is CCCCCCCCCC[NH2+]CC(CCCC(C)C[NH2+]CCCCCC[N+](C)(C)C)CCCC(CCCC(CC)C[NH3+])C[NH2+]CC(O)C[NH2+]CC(C)CC.[Cl-]. The van der Waals surface area contributed by atoms with Crippen LogP contribution in [0.1, 0.15) is 182 Å². The first-order valence-electron chi connectivity index (χ1n) is 24.6. The summed E-state index contributed by atoms with van der Waals surface area (Å²) in [4.78, 5) is 0. The zero-order valence-electron chi connectivity index (χ0n) is 39.1. The van der Waals surface area contributed by atoms with Crippen molar-refractivity contribution in [2.45, 2.75) is 188 Å². The van der Waals surface area contributed by atoms with Crippen LogP contribution in [0.3, 0.4) is 0 Å². The van der Waals surface area contributed by atoms with Gasteiger partial charge in [0.25, 0.3) is 0 Å². The lowest BCUT2D eigenvalue weighted by Crippen LogP contribution is -3.00. The summed E-state index contributed by atoms with van der Waals surface area (Å²) in [5, 5.41) is 20.7. The van der Waals surface area contributed by atoms with Crippen LogP contribution in [0.15, 0.2) is 0 Å². The van der Waals surface area contributed by atoms with Gasteiger partial charge in [0.15, 0.2) is 6.10 Å². The summed E-state index contributed by atoms with van der Waals surface area (Å²) in [7, 11) is 6.93. The number of halogens is 1. The van der Waals surface area contributed by atoms with E-state index in [9.17, 15) is 5.11 Å². The molecule has 0 fully saturated rings. The van der Waals surface area contributed by atoms with E-state index >= 15 is 0 Å². The van der Waals surface area contributed by atoms with Crippen molar-refractivity contribution in [3.8, 4) is 0 Å². The Bertz CT molecular complexity index is 751. The lowest BCUT2D eigenvalue weighted by molar-refractivity contribution is -0.870. The van der Waals surface area contributed by atoms with Crippen LogP contribution in [-0.2, 0) is 0 Å². The highest BCUT2D eigenvalue weighted by Gasteiger charge is 2.18. The van der Waals surface area contributed by atoms with Gasteiger partial charge in [-0.1, -0.05) is 92.4 Å². The maximum Gasteiger partial charge on any atom is 0.151 e. The number of aliphatic hydroxyl groups excluding tert-OH is 1. The van der Waals surface area contributed by atoms with Gasteiger partial charge in [-0.3, -0.25) is 0 Å². The van der Waals surface area contributed by atoms with Crippen LogP contribution in [-0.4, -0.2) is 102 Å². The Morgan fingerprint density at radius 3 is 1.42 bits per heavy atom. The zero-order chi connectivity index (χ0) is 40.1. The van der Waals surface area contributed by atoms with E-state index in [0.717, 1.165) is 60.3 Å². The third-order valence-corrected chi connectivity index (χ3v) is 12.7. The van der Waals surface area contributed by atoms with Crippen molar-refractivity contribution in [2.75, 3.05) is 86.6 Å². The Balaban J connectivity index is 0. The zero-order valence-corrected chi connectivity index (χ0v) is 39.8. The van der Waals surface area contributed by atoms with Crippen LogP contribution < -0.4 is 39.4 Å². The van der Waals surface area contributed by atoms with Gasteiger partial charge < -0.3 is 49.0 Å². The third-order valence-electron chi connectivity index (χ3n) is 12.7. The lowest BCUT2D eigenvalue weighted by atomic mass is 9.88. The van der Waals surface area contributed by atoms with E-state index < -0.39 is 0 Å². The monoisotopic (exact) mass is 808 g/mol. The van der Waals surface area contributed by atoms with E-state index in [1.807, 2.05) is 0 Å². The molecule has 6 atom stereocenters. The second-order valence-electron chi connectivity index (χ2n) is 19.4. The van der Waals surface area contributed by atoms with Gasteiger partial charge in [-0.15, -0.1) is 0 Å². The van der Waals surface area contributed by atoms with Gasteiger partial charge >= 0.3 is 0 Å². The average molecular weight is 809 g/mol. The summed E-state index contributed by atoms with van der Waals surface area (Å²) in [6, 6.07) is 0. The number of rotatable bonds is 43. The van der Waals surface area contributed by atoms with Crippen molar-refractivity contribution < 1.29 is 49.0 Å². The van der Waals surface area contributed by atoms with Gasteiger partial charge in [-0.25, -0.2) is 0 Å². The predicted octanol–water partition coefficient (Wildman–Crippen LogP) is 1.71. The molecular weight excluding hydrogens is 700 g/mol. The molecule has 7 nitrogen and oxygen atoms in total. The Morgan fingerprint density at radius 2 is 0.909 bits per heavy atom. The first-order valence-corrected chi connectivity index (χ1v) is 24.6. The minimum absolute atomic E-state index is 0. The molecule has 334 valence electrons. The van der Waals surface area contributed by atoms with Crippen molar-refractivity contribution in [3.05, 3.63) is 0 Å². The van der Waals surface area contributed by atoms with Gasteiger partial charge in [0.2, 0.25) is 0 Å². The van der Waals surface area contributed by atoms with Crippen molar-refractivity contribution >= 4 is 0 Å². The molecule has 0 saturated heterocycles. The molecule has 0 bridgehead atoms. The number of hydrogen-bond donors (Lipinski definition) is 6. The van der Waals surface area contributed by atoms with Crippen molar-refractivity contribution in [3.63, 3.8) is 0 Å². The number of aliphatic hydroxyl groups is 1. The van der Waals surface area contributed by atoms with Gasteiger partial charge in [-0.05, 0) is 89.9 Å². The molecule has 0 aromatic carbocycles. The molecule has 6 unspecified atom stereocenters. The van der Waals surface area contributed by atoms with Crippen molar-refractivity contribution in [1.82, 2.24) is 0 Å². The molecule has 0 radical (unpaired) electrons. The molecule has 0 aliphatic heterocycles. The molecule has 0 saturated carbocycles.